The van der Waals surface area contributed by atoms with Crippen LogP contribution in [0.25, 0.3) is 11.0 Å². The van der Waals surface area contributed by atoms with Crippen molar-refractivity contribution >= 4 is 16.9 Å². The third-order valence-electron chi connectivity index (χ3n) is 4.03. The molecule has 1 aromatic carbocycles. The Kier molecular flexibility index (Phi) is 3.37. The predicted molar refractivity (Wildman–Crippen MR) is 84.1 cm³/mol. The smallest absolute Gasteiger partial charge is 0.348 e. The van der Waals surface area contributed by atoms with Crippen molar-refractivity contribution < 1.29 is 23.1 Å². The maximum absolute atomic E-state index is 12.5. The first-order valence-electron chi connectivity index (χ1n) is 7.63. The van der Waals surface area contributed by atoms with Crippen LogP contribution in [0, 0.1) is 0 Å². The van der Waals surface area contributed by atoms with E-state index < -0.39 is 23.6 Å². The highest BCUT2D eigenvalue weighted by Gasteiger charge is 2.46. The number of rotatable bonds is 3. The van der Waals surface area contributed by atoms with E-state index in [1.54, 1.807) is 37.3 Å². The zero-order valence-corrected chi connectivity index (χ0v) is 12.9. The lowest BCUT2D eigenvalue weighted by Gasteiger charge is -2.15. The van der Waals surface area contributed by atoms with Gasteiger partial charge in [0.1, 0.15) is 23.0 Å². The van der Waals surface area contributed by atoms with Crippen molar-refractivity contribution in [2.45, 2.75) is 18.9 Å². The molecule has 1 aliphatic rings. The molecule has 2 atom stereocenters. The van der Waals surface area contributed by atoms with Gasteiger partial charge in [0, 0.05) is 0 Å². The minimum atomic E-state index is -0.986. The van der Waals surface area contributed by atoms with Crippen molar-refractivity contribution in [3.05, 3.63) is 64.4 Å². The van der Waals surface area contributed by atoms with Crippen LogP contribution < -0.4 is 10.4 Å². The summed E-state index contributed by atoms with van der Waals surface area (Å²) in [7, 11) is 0. The summed E-state index contributed by atoms with van der Waals surface area (Å²) in [5, 5.41) is 0.635. The largest absolute Gasteiger partial charge is 0.476 e. The van der Waals surface area contributed by atoms with Crippen LogP contribution in [-0.2, 0) is 9.53 Å². The second-order valence-electron chi connectivity index (χ2n) is 5.41. The van der Waals surface area contributed by atoms with Gasteiger partial charge in [0.2, 0.25) is 6.10 Å². The van der Waals surface area contributed by atoms with E-state index in [0.717, 1.165) is 0 Å². The molecule has 0 spiro atoms. The van der Waals surface area contributed by atoms with Gasteiger partial charge in [0.05, 0.1) is 23.8 Å². The fourth-order valence-corrected chi connectivity index (χ4v) is 3.05. The molecule has 0 radical (unpaired) electrons. The van der Waals surface area contributed by atoms with Gasteiger partial charge in [-0.1, -0.05) is 12.1 Å². The monoisotopic (exact) mass is 326 g/mol. The van der Waals surface area contributed by atoms with Gasteiger partial charge in [-0.05, 0) is 31.2 Å². The molecular weight excluding hydrogens is 312 g/mol. The fraction of sp³-hybridized carbons (Fsp3) is 0.222. The van der Waals surface area contributed by atoms with Gasteiger partial charge in [-0.3, -0.25) is 0 Å². The van der Waals surface area contributed by atoms with Gasteiger partial charge in [-0.15, -0.1) is 0 Å². The number of hydrogen-bond donors (Lipinski definition) is 0. The quantitative estimate of drug-likeness (QED) is 0.544. The van der Waals surface area contributed by atoms with E-state index in [9.17, 15) is 9.59 Å². The molecule has 0 saturated carbocycles. The molecule has 24 heavy (non-hydrogen) atoms. The van der Waals surface area contributed by atoms with Crippen LogP contribution in [0.3, 0.4) is 0 Å². The molecule has 1 aliphatic heterocycles. The summed E-state index contributed by atoms with van der Waals surface area (Å²) in [6.45, 7) is 1.93. The zero-order chi connectivity index (χ0) is 16.7. The lowest BCUT2D eigenvalue weighted by Crippen LogP contribution is -2.32. The molecule has 3 heterocycles. The second-order valence-corrected chi connectivity index (χ2v) is 5.41. The molecule has 122 valence electrons. The molecule has 0 saturated heterocycles. The predicted octanol–water partition coefficient (Wildman–Crippen LogP) is 2.84. The van der Waals surface area contributed by atoms with Crippen LogP contribution in [0.1, 0.15) is 24.2 Å². The molecule has 0 unspecified atom stereocenters. The Bertz CT molecular complexity index is 953. The van der Waals surface area contributed by atoms with Crippen LogP contribution >= 0.6 is 0 Å². The van der Waals surface area contributed by atoms with Crippen molar-refractivity contribution in [1.82, 2.24) is 0 Å². The summed E-state index contributed by atoms with van der Waals surface area (Å²) < 4.78 is 21.8. The first kappa shape index (κ1) is 14.6. The Balaban J connectivity index is 1.95. The Labute approximate surface area is 136 Å². The van der Waals surface area contributed by atoms with E-state index in [0.29, 0.717) is 22.5 Å². The topological polar surface area (TPSA) is 78.9 Å². The van der Waals surface area contributed by atoms with Crippen LogP contribution in [0.2, 0.25) is 0 Å². The summed E-state index contributed by atoms with van der Waals surface area (Å²) in [6, 6.07) is 10.4. The van der Waals surface area contributed by atoms with Crippen molar-refractivity contribution in [3.63, 3.8) is 0 Å². The summed E-state index contributed by atoms with van der Waals surface area (Å²) >= 11 is 0. The average Bonchev–Trinajstić information content (AvgIpc) is 3.22. The second kappa shape index (κ2) is 5.56. The molecular formula is C18H14O6. The number of carbonyl (C=O) groups is 1. The Hall–Kier alpha value is -3.02. The summed E-state index contributed by atoms with van der Waals surface area (Å²) in [4.78, 5) is 24.9. The SMILES string of the molecule is CCOC(=O)[C@@H]1Oc2c(c(=O)oc3ccccc23)[C@H]1c1ccco1. The lowest BCUT2D eigenvalue weighted by atomic mass is 9.93. The zero-order valence-electron chi connectivity index (χ0n) is 12.9. The number of esters is 1. The molecule has 0 fully saturated rings. The van der Waals surface area contributed by atoms with Gasteiger partial charge in [0.25, 0.3) is 0 Å². The molecule has 2 aromatic heterocycles. The first-order chi connectivity index (χ1) is 11.7. The van der Waals surface area contributed by atoms with Gasteiger partial charge in [0.15, 0.2) is 0 Å². The Morgan fingerprint density at radius 2 is 2.04 bits per heavy atom. The number of ether oxygens (including phenoxy) is 2. The maximum Gasteiger partial charge on any atom is 0.348 e. The van der Waals surface area contributed by atoms with Gasteiger partial charge >= 0.3 is 11.6 Å². The number of hydrogen-bond acceptors (Lipinski definition) is 6. The van der Waals surface area contributed by atoms with E-state index in [2.05, 4.69) is 0 Å². The summed E-state index contributed by atoms with van der Waals surface area (Å²) in [6.07, 6.45) is 0.498. The van der Waals surface area contributed by atoms with Gasteiger partial charge < -0.3 is 18.3 Å². The highest BCUT2D eigenvalue weighted by atomic mass is 16.6. The summed E-state index contributed by atoms with van der Waals surface area (Å²) in [5.41, 5.74) is 0.141. The van der Waals surface area contributed by atoms with Crippen molar-refractivity contribution in [1.29, 1.82) is 0 Å². The number of carbonyl (C=O) groups excluding carboxylic acids is 1. The molecule has 0 bridgehead atoms. The van der Waals surface area contributed by atoms with Crippen molar-refractivity contribution in [2.75, 3.05) is 6.61 Å². The standard InChI is InChI=1S/C18H14O6/c1-2-21-18(20)16-13(12-8-5-9-22-12)14-15(24-16)10-6-3-4-7-11(10)23-17(14)19/h3-9,13,16H,2H2,1H3/t13-,16-/m1/s1. The van der Waals surface area contributed by atoms with Gasteiger partial charge in [-0.2, -0.15) is 0 Å². The normalized spacial score (nSPS) is 19.0. The number of furan rings is 1. The Morgan fingerprint density at radius 3 is 2.79 bits per heavy atom. The molecule has 6 heteroatoms. The molecule has 4 rings (SSSR count). The molecule has 0 amide bonds. The van der Waals surface area contributed by atoms with Crippen LogP contribution in [0.5, 0.6) is 5.75 Å². The van der Waals surface area contributed by atoms with Crippen LogP contribution in [0.15, 0.2) is 56.3 Å². The van der Waals surface area contributed by atoms with E-state index in [-0.39, 0.29) is 12.2 Å². The van der Waals surface area contributed by atoms with Gasteiger partial charge in [-0.25, -0.2) is 9.59 Å². The van der Waals surface area contributed by atoms with Crippen molar-refractivity contribution in [3.8, 4) is 5.75 Å². The maximum atomic E-state index is 12.5. The summed E-state index contributed by atoms with van der Waals surface area (Å²) in [5.74, 6) is -0.441. The molecule has 0 aliphatic carbocycles. The van der Waals surface area contributed by atoms with Crippen LogP contribution in [0.4, 0.5) is 0 Å². The highest BCUT2D eigenvalue weighted by molar-refractivity contribution is 5.88. The average molecular weight is 326 g/mol. The van der Waals surface area contributed by atoms with E-state index in [4.69, 9.17) is 18.3 Å². The van der Waals surface area contributed by atoms with E-state index in [1.165, 1.54) is 6.26 Å². The Morgan fingerprint density at radius 1 is 1.21 bits per heavy atom. The number of benzene rings is 1. The van der Waals surface area contributed by atoms with E-state index >= 15 is 0 Å². The first-order valence-corrected chi connectivity index (χ1v) is 7.63. The third-order valence-corrected chi connectivity index (χ3v) is 4.03. The highest BCUT2D eigenvalue weighted by Crippen LogP contribution is 2.44. The minimum Gasteiger partial charge on any atom is -0.476 e. The lowest BCUT2D eigenvalue weighted by molar-refractivity contribution is -0.151. The number of para-hydroxylation sites is 1. The minimum absolute atomic E-state index is 0.218. The van der Waals surface area contributed by atoms with Crippen molar-refractivity contribution in [2.24, 2.45) is 0 Å². The molecule has 0 N–H and O–H groups in total. The molecule has 3 aromatic rings. The fourth-order valence-electron chi connectivity index (χ4n) is 3.05. The van der Waals surface area contributed by atoms with Crippen LogP contribution in [-0.4, -0.2) is 18.7 Å². The number of fused-ring (bicyclic) bond motifs is 3. The van der Waals surface area contributed by atoms with E-state index in [1.807, 2.05) is 6.07 Å². The third kappa shape index (κ3) is 2.11. The molecule has 6 nitrogen and oxygen atoms in total.